The summed E-state index contributed by atoms with van der Waals surface area (Å²) in [5.41, 5.74) is 1.56. The molecule has 0 fully saturated rings. The van der Waals surface area contributed by atoms with Crippen molar-refractivity contribution in [3.05, 3.63) is 66.4 Å². The summed E-state index contributed by atoms with van der Waals surface area (Å²) in [4.78, 5) is 0. The molecule has 0 aliphatic rings. The fourth-order valence-corrected chi connectivity index (χ4v) is 3.21. The van der Waals surface area contributed by atoms with E-state index in [9.17, 15) is 4.39 Å². The molecule has 0 radical (unpaired) electrons. The average molecular weight is 355 g/mol. The van der Waals surface area contributed by atoms with Crippen LogP contribution >= 0.6 is 11.8 Å². The lowest BCUT2D eigenvalue weighted by Gasteiger charge is -2.02. The third-order valence-electron chi connectivity index (χ3n) is 3.64. The van der Waals surface area contributed by atoms with Gasteiger partial charge >= 0.3 is 0 Å². The van der Waals surface area contributed by atoms with Gasteiger partial charge in [0.05, 0.1) is 17.6 Å². The summed E-state index contributed by atoms with van der Waals surface area (Å²) < 4.78 is 22.2. The van der Waals surface area contributed by atoms with Crippen LogP contribution in [-0.2, 0) is 12.8 Å². The van der Waals surface area contributed by atoms with Crippen LogP contribution in [0.15, 0.2) is 64.5 Å². The first-order chi connectivity index (χ1) is 12.2. The van der Waals surface area contributed by atoms with E-state index in [1.54, 1.807) is 17.0 Å². The fourth-order valence-electron chi connectivity index (χ4n) is 2.40. The van der Waals surface area contributed by atoms with Gasteiger partial charge in [0.2, 0.25) is 0 Å². The topological polar surface area (TPSA) is 61.7 Å². The molecule has 0 N–H and O–H groups in total. The number of benzene rings is 1. The molecule has 0 saturated heterocycles. The zero-order valence-electron chi connectivity index (χ0n) is 13.3. The molecule has 0 saturated carbocycles. The number of nitrogens with zero attached hydrogens (tertiary/aromatic N) is 5. The van der Waals surface area contributed by atoms with Crippen LogP contribution in [0.2, 0.25) is 0 Å². The third-order valence-corrected chi connectivity index (χ3v) is 4.70. The summed E-state index contributed by atoms with van der Waals surface area (Å²) in [6.45, 7) is 0. The molecule has 0 bridgehead atoms. The van der Waals surface area contributed by atoms with Gasteiger partial charge in [0.15, 0.2) is 16.7 Å². The first kappa shape index (κ1) is 15.6. The smallest absolute Gasteiger partial charge is 0.200 e. The largest absolute Gasteiger partial charge is 0.461 e. The van der Waals surface area contributed by atoms with Crippen molar-refractivity contribution in [2.24, 2.45) is 7.05 Å². The highest BCUT2D eigenvalue weighted by atomic mass is 32.2. The SMILES string of the molecule is Cn1c(SCc2ccn(-c3cccc(F)c3)n2)nnc1-c1ccco1. The Hall–Kier alpha value is -2.87. The van der Waals surface area contributed by atoms with Crippen LogP contribution in [0, 0.1) is 5.82 Å². The molecule has 25 heavy (non-hydrogen) atoms. The Labute approximate surface area is 147 Å². The van der Waals surface area contributed by atoms with Crippen molar-refractivity contribution >= 4 is 11.8 Å². The van der Waals surface area contributed by atoms with Crippen LogP contribution in [0.25, 0.3) is 17.3 Å². The van der Waals surface area contributed by atoms with Gasteiger partial charge in [-0.2, -0.15) is 5.10 Å². The van der Waals surface area contributed by atoms with E-state index in [0.29, 0.717) is 23.0 Å². The zero-order chi connectivity index (χ0) is 17.2. The number of hydrogen-bond donors (Lipinski definition) is 0. The minimum absolute atomic E-state index is 0.284. The number of hydrogen-bond acceptors (Lipinski definition) is 5. The van der Waals surface area contributed by atoms with Gasteiger partial charge in [-0.1, -0.05) is 17.8 Å². The molecule has 4 aromatic rings. The highest BCUT2D eigenvalue weighted by Gasteiger charge is 2.13. The molecule has 3 aromatic heterocycles. The fraction of sp³-hybridized carbons (Fsp3) is 0.118. The maximum absolute atomic E-state index is 13.3. The Balaban J connectivity index is 1.48. The monoisotopic (exact) mass is 355 g/mol. The Kier molecular flexibility index (Phi) is 4.10. The number of aromatic nitrogens is 5. The second-order valence-corrected chi connectivity index (χ2v) is 6.31. The second kappa shape index (κ2) is 6.56. The van der Waals surface area contributed by atoms with E-state index in [-0.39, 0.29) is 5.82 Å². The Morgan fingerprint density at radius 1 is 1.16 bits per heavy atom. The first-order valence-electron chi connectivity index (χ1n) is 7.57. The van der Waals surface area contributed by atoms with Gasteiger partial charge < -0.3 is 8.98 Å². The quantitative estimate of drug-likeness (QED) is 0.511. The third kappa shape index (κ3) is 3.20. The predicted molar refractivity (Wildman–Crippen MR) is 91.8 cm³/mol. The second-order valence-electron chi connectivity index (χ2n) is 5.36. The van der Waals surface area contributed by atoms with Crippen molar-refractivity contribution in [3.8, 4) is 17.3 Å². The molecule has 0 aliphatic carbocycles. The minimum Gasteiger partial charge on any atom is -0.461 e. The van der Waals surface area contributed by atoms with E-state index >= 15 is 0 Å². The summed E-state index contributed by atoms with van der Waals surface area (Å²) >= 11 is 1.53. The molecular formula is C17H14FN5OS. The van der Waals surface area contributed by atoms with Crippen molar-refractivity contribution in [1.82, 2.24) is 24.5 Å². The molecule has 1 aromatic carbocycles. The van der Waals surface area contributed by atoms with Gasteiger partial charge in [-0.05, 0) is 36.4 Å². The Morgan fingerprint density at radius 3 is 2.88 bits per heavy atom. The molecule has 0 aliphatic heterocycles. The highest BCUT2D eigenvalue weighted by Crippen LogP contribution is 2.25. The van der Waals surface area contributed by atoms with Crippen molar-refractivity contribution < 1.29 is 8.81 Å². The molecular weight excluding hydrogens is 341 g/mol. The van der Waals surface area contributed by atoms with E-state index in [4.69, 9.17) is 4.42 Å². The molecule has 0 unspecified atom stereocenters. The summed E-state index contributed by atoms with van der Waals surface area (Å²) in [6, 6.07) is 11.9. The van der Waals surface area contributed by atoms with Crippen LogP contribution in [0.3, 0.4) is 0 Å². The van der Waals surface area contributed by atoms with Crippen molar-refractivity contribution in [2.75, 3.05) is 0 Å². The molecule has 0 spiro atoms. The lowest BCUT2D eigenvalue weighted by atomic mass is 10.3. The molecule has 3 heterocycles. The Bertz CT molecular complexity index is 992. The van der Waals surface area contributed by atoms with Crippen LogP contribution in [0.1, 0.15) is 5.69 Å². The zero-order valence-corrected chi connectivity index (χ0v) is 14.2. The number of furan rings is 1. The van der Waals surface area contributed by atoms with Gasteiger partial charge in [0, 0.05) is 19.0 Å². The summed E-state index contributed by atoms with van der Waals surface area (Å²) in [5, 5.41) is 13.6. The van der Waals surface area contributed by atoms with E-state index in [2.05, 4.69) is 15.3 Å². The molecule has 126 valence electrons. The number of halogens is 1. The minimum atomic E-state index is -0.284. The summed E-state index contributed by atoms with van der Waals surface area (Å²) in [5.74, 6) is 1.70. The maximum atomic E-state index is 13.3. The van der Waals surface area contributed by atoms with E-state index in [1.807, 2.05) is 42.1 Å². The molecule has 0 atom stereocenters. The van der Waals surface area contributed by atoms with Crippen LogP contribution in [0.5, 0.6) is 0 Å². The standard InChI is InChI=1S/C17H14FN5OS/c1-22-16(15-6-3-9-24-15)19-20-17(22)25-11-13-7-8-23(21-13)14-5-2-4-12(18)10-14/h2-10H,11H2,1H3. The molecule has 0 amide bonds. The van der Waals surface area contributed by atoms with Gasteiger partial charge in [0.1, 0.15) is 5.82 Å². The lowest BCUT2D eigenvalue weighted by molar-refractivity contribution is 0.572. The van der Waals surface area contributed by atoms with Gasteiger partial charge in [0.25, 0.3) is 0 Å². The van der Waals surface area contributed by atoms with Crippen molar-refractivity contribution in [2.45, 2.75) is 10.9 Å². The van der Waals surface area contributed by atoms with Crippen LogP contribution in [0.4, 0.5) is 4.39 Å². The van der Waals surface area contributed by atoms with Crippen LogP contribution in [-0.4, -0.2) is 24.5 Å². The Morgan fingerprint density at radius 2 is 2.08 bits per heavy atom. The maximum Gasteiger partial charge on any atom is 0.200 e. The number of thioether (sulfide) groups is 1. The van der Waals surface area contributed by atoms with Crippen molar-refractivity contribution in [3.63, 3.8) is 0 Å². The van der Waals surface area contributed by atoms with Gasteiger partial charge in [-0.25, -0.2) is 9.07 Å². The number of rotatable bonds is 5. The molecule has 8 heteroatoms. The van der Waals surface area contributed by atoms with E-state index in [1.165, 1.54) is 23.9 Å². The van der Waals surface area contributed by atoms with Crippen LogP contribution < -0.4 is 0 Å². The van der Waals surface area contributed by atoms with Gasteiger partial charge in [-0.3, -0.25) is 0 Å². The molecule has 4 rings (SSSR count). The summed E-state index contributed by atoms with van der Waals surface area (Å²) in [6.07, 6.45) is 3.42. The highest BCUT2D eigenvalue weighted by molar-refractivity contribution is 7.98. The normalized spacial score (nSPS) is 11.1. The average Bonchev–Trinajstić information content (AvgIpc) is 3.34. The van der Waals surface area contributed by atoms with Crippen molar-refractivity contribution in [1.29, 1.82) is 0 Å². The lowest BCUT2D eigenvalue weighted by Crippen LogP contribution is -1.97. The predicted octanol–water partition coefficient (Wildman–Crippen LogP) is 3.69. The first-order valence-corrected chi connectivity index (χ1v) is 8.56. The molecule has 6 nitrogen and oxygen atoms in total. The van der Waals surface area contributed by atoms with Gasteiger partial charge in [-0.15, -0.1) is 10.2 Å². The van der Waals surface area contributed by atoms with E-state index < -0.39 is 0 Å². The summed E-state index contributed by atoms with van der Waals surface area (Å²) in [7, 11) is 1.89. The van der Waals surface area contributed by atoms with E-state index in [0.717, 1.165) is 10.9 Å².